The molecule has 0 atom stereocenters. The van der Waals surface area contributed by atoms with Gasteiger partial charge in [0, 0.05) is 43.2 Å². The molecule has 4 rings (SSSR count). The molecule has 7 heteroatoms. The lowest BCUT2D eigenvalue weighted by molar-refractivity contribution is 0.520. The van der Waals surface area contributed by atoms with E-state index in [-0.39, 0.29) is 6.04 Å². The van der Waals surface area contributed by atoms with Crippen molar-refractivity contribution in [3.8, 4) is 11.1 Å². The first kappa shape index (κ1) is 18.6. The molecule has 144 valence electrons. The van der Waals surface area contributed by atoms with Crippen LogP contribution in [0.15, 0.2) is 54.9 Å². The van der Waals surface area contributed by atoms with Crippen molar-refractivity contribution in [3.05, 3.63) is 71.5 Å². The van der Waals surface area contributed by atoms with E-state index in [0.29, 0.717) is 16.1 Å². The second-order valence-corrected chi connectivity index (χ2v) is 7.18. The highest BCUT2D eigenvalue weighted by Crippen LogP contribution is 2.31. The van der Waals surface area contributed by atoms with Crippen LogP contribution in [0.1, 0.15) is 12.8 Å². The van der Waals surface area contributed by atoms with Crippen LogP contribution in [-0.2, 0) is 0 Å². The number of halogens is 3. The Labute approximate surface area is 167 Å². The first-order chi connectivity index (χ1) is 13.6. The molecule has 0 aliphatic carbocycles. The molecule has 1 aliphatic heterocycles. The summed E-state index contributed by atoms with van der Waals surface area (Å²) in [7, 11) is 0. The van der Waals surface area contributed by atoms with Gasteiger partial charge >= 0.3 is 0 Å². The van der Waals surface area contributed by atoms with E-state index >= 15 is 0 Å². The van der Waals surface area contributed by atoms with E-state index in [1.54, 1.807) is 30.6 Å². The molecule has 0 saturated carbocycles. The van der Waals surface area contributed by atoms with Crippen LogP contribution in [0.4, 0.5) is 20.4 Å². The second-order valence-electron chi connectivity index (χ2n) is 6.77. The zero-order valence-corrected chi connectivity index (χ0v) is 15.8. The second kappa shape index (κ2) is 8.10. The molecule has 0 radical (unpaired) electrons. The molecule has 3 aromatic rings. The Hall–Kier alpha value is -2.73. The van der Waals surface area contributed by atoms with Gasteiger partial charge in [-0.2, -0.15) is 0 Å². The highest BCUT2D eigenvalue weighted by Gasteiger charge is 2.21. The van der Waals surface area contributed by atoms with E-state index in [9.17, 15) is 8.78 Å². The van der Waals surface area contributed by atoms with Gasteiger partial charge in [-0.25, -0.2) is 18.7 Å². The fourth-order valence-electron chi connectivity index (χ4n) is 3.42. The van der Waals surface area contributed by atoms with Gasteiger partial charge in [-0.15, -0.1) is 0 Å². The summed E-state index contributed by atoms with van der Waals surface area (Å²) in [6.45, 7) is 1.72. The van der Waals surface area contributed by atoms with E-state index in [1.165, 1.54) is 12.1 Å². The summed E-state index contributed by atoms with van der Waals surface area (Å²) in [5, 5.41) is 3.98. The highest BCUT2D eigenvalue weighted by molar-refractivity contribution is 6.33. The summed E-state index contributed by atoms with van der Waals surface area (Å²) >= 11 is 6.42. The van der Waals surface area contributed by atoms with Crippen LogP contribution in [0.2, 0.25) is 5.02 Å². The molecule has 0 spiro atoms. The zero-order valence-electron chi connectivity index (χ0n) is 15.1. The van der Waals surface area contributed by atoms with Crippen LogP contribution < -0.4 is 10.2 Å². The topological polar surface area (TPSA) is 41.0 Å². The van der Waals surface area contributed by atoms with Crippen molar-refractivity contribution in [2.24, 2.45) is 0 Å². The predicted octanol–water partition coefficient (Wildman–Crippen LogP) is 5.16. The maximum atomic E-state index is 14.0. The van der Waals surface area contributed by atoms with Crippen LogP contribution in [-0.4, -0.2) is 29.1 Å². The molecule has 28 heavy (non-hydrogen) atoms. The minimum atomic E-state index is -0.604. The molecule has 4 nitrogen and oxygen atoms in total. The number of benzene rings is 2. The molecule has 1 aromatic heterocycles. The molecular weight excluding hydrogens is 382 g/mol. The molecule has 0 unspecified atom stereocenters. The quantitative estimate of drug-likeness (QED) is 0.657. The van der Waals surface area contributed by atoms with E-state index in [0.717, 1.165) is 43.6 Å². The molecule has 1 aliphatic rings. The lowest BCUT2D eigenvalue weighted by Gasteiger charge is -2.33. The van der Waals surface area contributed by atoms with Gasteiger partial charge in [-0.3, -0.25) is 0 Å². The standard InChI is InChI=1S/C21H19ClF2N4/c22-18-12-14(17-4-3-15(23)13-19(17)24)2-5-20(18)27-16-6-10-28(11-7-16)21-25-8-1-9-26-21/h1-5,8-9,12-13,16,27H,6-7,10-11H2. The maximum Gasteiger partial charge on any atom is 0.225 e. The van der Waals surface area contributed by atoms with Gasteiger partial charge in [-0.05, 0) is 48.7 Å². The minimum absolute atomic E-state index is 0.283. The Morgan fingerprint density at radius 1 is 1.00 bits per heavy atom. The van der Waals surface area contributed by atoms with Gasteiger partial charge in [0.2, 0.25) is 5.95 Å². The third-order valence-corrected chi connectivity index (χ3v) is 5.21. The number of piperidine rings is 1. The summed E-state index contributed by atoms with van der Waals surface area (Å²) in [6.07, 6.45) is 5.36. The molecule has 2 aromatic carbocycles. The smallest absolute Gasteiger partial charge is 0.225 e. The number of nitrogens with one attached hydrogen (secondary N) is 1. The van der Waals surface area contributed by atoms with Crippen molar-refractivity contribution in [1.29, 1.82) is 0 Å². The molecule has 1 fully saturated rings. The average molecular weight is 401 g/mol. The lowest BCUT2D eigenvalue weighted by Crippen LogP contribution is -2.39. The maximum absolute atomic E-state index is 14.0. The fraction of sp³-hybridized carbons (Fsp3) is 0.238. The molecule has 0 amide bonds. The summed E-state index contributed by atoms with van der Waals surface area (Å²) < 4.78 is 27.1. The number of nitrogens with zero attached hydrogens (tertiary/aromatic N) is 3. The van der Waals surface area contributed by atoms with Crippen LogP contribution in [0.5, 0.6) is 0 Å². The summed E-state index contributed by atoms with van der Waals surface area (Å²) in [5.74, 6) is -0.449. The number of aromatic nitrogens is 2. The molecule has 2 heterocycles. The Balaban J connectivity index is 1.42. The Kier molecular flexibility index (Phi) is 5.39. The third kappa shape index (κ3) is 4.07. The fourth-order valence-corrected chi connectivity index (χ4v) is 3.66. The number of rotatable bonds is 4. The lowest BCUT2D eigenvalue weighted by atomic mass is 10.0. The Morgan fingerprint density at radius 3 is 2.43 bits per heavy atom. The van der Waals surface area contributed by atoms with Gasteiger partial charge in [0.1, 0.15) is 11.6 Å². The predicted molar refractivity (Wildman–Crippen MR) is 108 cm³/mol. The normalized spacial score (nSPS) is 14.9. The van der Waals surface area contributed by atoms with Crippen molar-refractivity contribution in [2.45, 2.75) is 18.9 Å². The molecule has 1 N–H and O–H groups in total. The van der Waals surface area contributed by atoms with Gasteiger partial charge in [0.15, 0.2) is 0 Å². The van der Waals surface area contributed by atoms with Crippen molar-refractivity contribution in [3.63, 3.8) is 0 Å². The summed E-state index contributed by atoms with van der Waals surface area (Å²) in [4.78, 5) is 10.8. The van der Waals surface area contributed by atoms with Gasteiger partial charge in [0.05, 0.1) is 10.7 Å². The van der Waals surface area contributed by atoms with Crippen LogP contribution in [0.25, 0.3) is 11.1 Å². The van der Waals surface area contributed by atoms with E-state index in [2.05, 4.69) is 20.2 Å². The Bertz CT molecular complexity index is 960. The van der Waals surface area contributed by atoms with Gasteiger partial charge in [-0.1, -0.05) is 17.7 Å². The highest BCUT2D eigenvalue weighted by atomic mass is 35.5. The third-order valence-electron chi connectivity index (χ3n) is 4.90. The van der Waals surface area contributed by atoms with Crippen LogP contribution in [0.3, 0.4) is 0 Å². The van der Waals surface area contributed by atoms with Crippen LogP contribution in [0, 0.1) is 11.6 Å². The summed E-state index contributed by atoms with van der Waals surface area (Å²) in [5.41, 5.74) is 1.75. The van der Waals surface area contributed by atoms with Gasteiger partial charge < -0.3 is 10.2 Å². The Morgan fingerprint density at radius 2 is 1.75 bits per heavy atom. The van der Waals surface area contributed by atoms with Crippen molar-refractivity contribution in [1.82, 2.24) is 9.97 Å². The minimum Gasteiger partial charge on any atom is -0.381 e. The van der Waals surface area contributed by atoms with Crippen molar-refractivity contribution < 1.29 is 8.78 Å². The van der Waals surface area contributed by atoms with E-state index < -0.39 is 11.6 Å². The average Bonchev–Trinajstić information content (AvgIpc) is 2.71. The largest absolute Gasteiger partial charge is 0.381 e. The number of hydrogen-bond donors (Lipinski definition) is 1. The SMILES string of the molecule is Fc1ccc(-c2ccc(NC3CCN(c4ncccn4)CC3)c(Cl)c2)c(F)c1. The molecule has 0 bridgehead atoms. The van der Waals surface area contributed by atoms with E-state index in [4.69, 9.17) is 11.6 Å². The molecular formula is C21H19ClF2N4. The van der Waals surface area contributed by atoms with E-state index in [1.807, 2.05) is 6.07 Å². The van der Waals surface area contributed by atoms with Gasteiger partial charge in [0.25, 0.3) is 0 Å². The molecule has 1 saturated heterocycles. The monoisotopic (exact) mass is 400 g/mol. The summed E-state index contributed by atoms with van der Waals surface area (Å²) in [6, 6.07) is 11.0. The van der Waals surface area contributed by atoms with Crippen molar-refractivity contribution >= 4 is 23.2 Å². The van der Waals surface area contributed by atoms with Crippen LogP contribution >= 0.6 is 11.6 Å². The number of anilines is 2. The zero-order chi connectivity index (χ0) is 19.5. The first-order valence-electron chi connectivity index (χ1n) is 9.13. The van der Waals surface area contributed by atoms with Crippen molar-refractivity contribution in [2.75, 3.05) is 23.3 Å². The first-order valence-corrected chi connectivity index (χ1v) is 9.51. The number of hydrogen-bond acceptors (Lipinski definition) is 4.